The summed E-state index contributed by atoms with van der Waals surface area (Å²) >= 11 is 0. The van der Waals surface area contributed by atoms with E-state index in [1.165, 1.54) is 36.8 Å². The number of ketones is 1. The number of aryl methyl sites for hydroxylation is 2. The number of hydrogen-bond acceptors (Lipinski definition) is 12. The van der Waals surface area contributed by atoms with E-state index in [0.717, 1.165) is 30.7 Å². The summed E-state index contributed by atoms with van der Waals surface area (Å²) in [6.45, 7) is 0.276. The number of H-pyrrole nitrogens is 1. The molecule has 5 N–H and O–H groups in total. The van der Waals surface area contributed by atoms with E-state index in [2.05, 4.69) is 36.0 Å². The highest BCUT2D eigenvalue weighted by Gasteiger charge is 2.34. The second kappa shape index (κ2) is 22.3. The van der Waals surface area contributed by atoms with Crippen LogP contribution < -0.4 is 26.7 Å². The predicted molar refractivity (Wildman–Crippen MR) is 254 cm³/mol. The Labute approximate surface area is 403 Å². The summed E-state index contributed by atoms with van der Waals surface area (Å²) in [7, 11) is 3.89. The largest absolute Gasteiger partial charge is 0.469 e. The zero-order chi connectivity index (χ0) is 50.9. The van der Waals surface area contributed by atoms with Crippen LogP contribution in [-0.2, 0) is 58.1 Å². The minimum absolute atomic E-state index is 0.147. The van der Waals surface area contributed by atoms with Gasteiger partial charge in [-0.3, -0.25) is 38.4 Å². The number of nitrogens with one attached hydrogen (secondary N) is 5. The van der Waals surface area contributed by atoms with E-state index < -0.39 is 90.9 Å². The maximum Gasteiger partial charge on any atom is 0.308 e. The number of benzene rings is 4. The first-order valence-corrected chi connectivity index (χ1v) is 22.3. The van der Waals surface area contributed by atoms with Gasteiger partial charge in [-0.05, 0) is 78.6 Å². The van der Waals surface area contributed by atoms with E-state index >= 15 is 0 Å². The molecule has 4 amide bonds. The maximum absolute atomic E-state index is 14.7. The lowest BCUT2D eigenvalue weighted by atomic mass is 9.90. The standard InChI is InChI=1S/C51H49F2N7O11/c1-27-17-28(9-12-33(27)47-34-7-5-6-8-43(34)71-44-21-32(61)11-13-35(44)47)48(65)58-39(18-29-25-60(2)41-15-10-30(53)19-36(29)41)50(67)56-37(14-16-45(63)69-3)49(66)59-40(20-31-24-54-26-55-31)51(68)57-38(42(62)23-52)22-46(64)70-4/h5-13,15,17,19,21,24-26,37-40H,14,16,18,20,22-23H2,1-4H3,(H,54,55)(H,56,67)(H,57,68)(H,58,65)(H,59,66). The Morgan fingerprint density at radius 2 is 1.46 bits per heavy atom. The lowest BCUT2D eigenvalue weighted by Gasteiger charge is -2.26. The zero-order valence-corrected chi connectivity index (χ0v) is 38.9. The van der Waals surface area contributed by atoms with Gasteiger partial charge in [-0.15, -0.1) is 0 Å². The van der Waals surface area contributed by atoms with Crippen molar-refractivity contribution in [3.8, 4) is 22.5 Å². The van der Waals surface area contributed by atoms with E-state index in [-0.39, 0.29) is 30.3 Å². The Kier molecular flexibility index (Phi) is 15.8. The molecule has 7 rings (SSSR count). The van der Waals surface area contributed by atoms with Crippen LogP contribution in [0, 0.1) is 12.7 Å². The van der Waals surface area contributed by atoms with E-state index in [9.17, 15) is 47.1 Å². The van der Waals surface area contributed by atoms with Gasteiger partial charge < -0.3 is 44.7 Å². The van der Waals surface area contributed by atoms with E-state index in [4.69, 9.17) is 9.15 Å². The summed E-state index contributed by atoms with van der Waals surface area (Å²) in [6, 6.07) is 14.7. The Morgan fingerprint density at radius 3 is 2.17 bits per heavy atom. The molecular weight excluding hydrogens is 925 g/mol. The van der Waals surface area contributed by atoms with Gasteiger partial charge >= 0.3 is 11.9 Å². The van der Waals surface area contributed by atoms with Gasteiger partial charge in [-0.25, -0.2) is 13.8 Å². The molecule has 1 aliphatic heterocycles. The number of imidazole rings is 1. The predicted octanol–water partition coefficient (Wildman–Crippen LogP) is 4.32. The number of alkyl halides is 1. The monoisotopic (exact) mass is 973 g/mol. The summed E-state index contributed by atoms with van der Waals surface area (Å²) in [5.41, 5.74) is 4.68. The minimum Gasteiger partial charge on any atom is -0.469 e. The molecular formula is C51H49F2N7O11. The Bertz CT molecular complexity index is 3190. The number of hydrogen-bond donors (Lipinski definition) is 5. The van der Waals surface area contributed by atoms with Crippen molar-refractivity contribution in [1.82, 2.24) is 35.8 Å². The molecule has 20 heteroatoms. The molecule has 3 heterocycles. The van der Waals surface area contributed by atoms with Crippen molar-refractivity contribution >= 4 is 63.2 Å². The molecule has 5 aromatic rings. The first-order valence-electron chi connectivity index (χ1n) is 22.3. The van der Waals surface area contributed by atoms with E-state index in [0.29, 0.717) is 44.6 Å². The van der Waals surface area contributed by atoms with Crippen LogP contribution >= 0.6 is 0 Å². The van der Waals surface area contributed by atoms with Crippen LogP contribution in [0.2, 0.25) is 0 Å². The Morgan fingerprint density at radius 1 is 0.775 bits per heavy atom. The molecule has 0 radical (unpaired) electrons. The van der Waals surface area contributed by atoms with E-state index in [1.807, 2.05) is 18.2 Å². The van der Waals surface area contributed by atoms with Crippen molar-refractivity contribution in [3.05, 3.63) is 136 Å². The summed E-state index contributed by atoms with van der Waals surface area (Å²) in [5, 5.41) is 11.4. The van der Waals surface area contributed by atoms with Crippen molar-refractivity contribution in [3.63, 3.8) is 0 Å². The topological polar surface area (TPSA) is 250 Å². The third kappa shape index (κ3) is 11.8. The first-order chi connectivity index (χ1) is 34.1. The summed E-state index contributed by atoms with van der Waals surface area (Å²) in [6.07, 6.45) is 2.36. The number of halogens is 2. The van der Waals surface area contributed by atoms with Crippen LogP contribution in [0.3, 0.4) is 0 Å². The fourth-order valence-electron chi connectivity index (χ4n) is 8.34. The van der Waals surface area contributed by atoms with Crippen LogP contribution in [0.15, 0.2) is 107 Å². The second-order valence-electron chi connectivity index (χ2n) is 16.8. The molecule has 71 heavy (non-hydrogen) atoms. The van der Waals surface area contributed by atoms with Gasteiger partial charge in [0.2, 0.25) is 17.7 Å². The molecule has 2 aliphatic rings. The van der Waals surface area contributed by atoms with Crippen molar-refractivity contribution in [2.45, 2.75) is 63.2 Å². The van der Waals surface area contributed by atoms with Gasteiger partial charge in [-0.1, -0.05) is 24.3 Å². The molecule has 0 spiro atoms. The van der Waals surface area contributed by atoms with Crippen LogP contribution in [0.5, 0.6) is 0 Å². The lowest BCUT2D eigenvalue weighted by Crippen LogP contribution is -2.58. The number of Topliss-reactive ketones (excluding diaryl/α,β-unsaturated/α-hetero) is 1. The number of methoxy groups -OCH3 is 2. The Balaban J connectivity index is 1.20. The van der Waals surface area contributed by atoms with Crippen molar-refractivity contribution in [1.29, 1.82) is 0 Å². The molecule has 0 fully saturated rings. The average Bonchev–Trinajstić information content (AvgIpc) is 3.99. The normalized spacial score (nSPS) is 12.9. The highest BCUT2D eigenvalue weighted by Crippen LogP contribution is 2.41. The average molecular weight is 974 g/mol. The number of carbonyl (C=O) groups excluding carboxylic acids is 7. The third-order valence-corrected chi connectivity index (χ3v) is 12.0. The quantitative estimate of drug-likeness (QED) is 0.0530. The van der Waals surface area contributed by atoms with Gasteiger partial charge in [0.25, 0.3) is 5.91 Å². The molecule has 2 aromatic heterocycles. The van der Waals surface area contributed by atoms with Gasteiger partial charge in [0, 0.05) is 83.4 Å². The molecule has 3 aromatic carbocycles. The lowest BCUT2D eigenvalue weighted by molar-refractivity contribution is -0.144. The molecule has 1 aliphatic carbocycles. The number of aromatic amines is 1. The number of ether oxygens (including phenoxy) is 2. The maximum atomic E-state index is 14.7. The van der Waals surface area contributed by atoms with Crippen LogP contribution in [0.4, 0.5) is 8.78 Å². The van der Waals surface area contributed by atoms with Crippen molar-refractivity contribution < 1.29 is 56.2 Å². The molecule has 0 saturated heterocycles. The van der Waals surface area contributed by atoms with Crippen LogP contribution in [-0.4, -0.2) is 101 Å². The smallest absolute Gasteiger partial charge is 0.308 e. The highest BCUT2D eigenvalue weighted by atomic mass is 19.1. The number of amides is 4. The number of aromatic nitrogens is 3. The molecule has 4 unspecified atom stereocenters. The molecule has 0 saturated carbocycles. The van der Waals surface area contributed by atoms with Crippen LogP contribution in [0.1, 0.15) is 46.4 Å². The molecule has 18 nitrogen and oxygen atoms in total. The van der Waals surface area contributed by atoms with Crippen LogP contribution in [0.25, 0.3) is 44.3 Å². The summed E-state index contributed by atoms with van der Waals surface area (Å²) in [4.78, 5) is 113. The van der Waals surface area contributed by atoms with Crippen molar-refractivity contribution in [2.75, 3.05) is 20.9 Å². The second-order valence-corrected chi connectivity index (χ2v) is 16.8. The number of rotatable bonds is 20. The van der Waals surface area contributed by atoms with Gasteiger partial charge in [0.05, 0.1) is 27.0 Å². The fraction of sp³-hybridized carbons (Fsp3) is 0.275. The molecule has 4 atom stereocenters. The minimum atomic E-state index is -1.66. The van der Waals surface area contributed by atoms with Gasteiger partial charge in [-0.2, -0.15) is 0 Å². The number of fused-ring (bicyclic) bond motifs is 3. The Hall–Kier alpha value is -8.55. The third-order valence-electron chi connectivity index (χ3n) is 12.0. The zero-order valence-electron chi connectivity index (χ0n) is 38.9. The van der Waals surface area contributed by atoms with Gasteiger partial charge in [0.1, 0.15) is 48.0 Å². The summed E-state index contributed by atoms with van der Waals surface area (Å²) < 4.78 is 45.5. The number of carbonyl (C=O) groups is 7. The fourth-order valence-corrected chi connectivity index (χ4v) is 8.34. The number of esters is 2. The summed E-state index contributed by atoms with van der Waals surface area (Å²) in [5.74, 6) is -6.60. The molecule has 368 valence electrons. The number of para-hydroxylation sites is 1. The highest BCUT2D eigenvalue weighted by molar-refractivity contribution is 6.04. The van der Waals surface area contributed by atoms with Crippen molar-refractivity contribution in [2.24, 2.45) is 7.05 Å². The first kappa shape index (κ1) is 50.3. The molecule has 0 bridgehead atoms. The number of nitrogens with zero attached hydrogens (tertiary/aromatic N) is 2. The SMILES string of the molecule is COC(=O)CCC(NC(=O)C(Cc1cn(C)c2ccc(F)cc12)NC(=O)c1ccc(-c2c3ccc(=O)cc-3oc3ccccc23)c(C)c1)C(=O)NC(Cc1cnc[nH]1)C(=O)NC(CC(=O)OC)C(=O)CF. The van der Waals surface area contributed by atoms with Gasteiger partial charge in [0.15, 0.2) is 11.2 Å². The van der Waals surface area contributed by atoms with E-state index in [1.54, 1.807) is 61.1 Å².